The summed E-state index contributed by atoms with van der Waals surface area (Å²) in [7, 11) is 0. The number of aromatic nitrogens is 2. The van der Waals surface area contributed by atoms with E-state index < -0.39 is 5.82 Å². The number of nitrogens with zero attached hydrogens (tertiary/aromatic N) is 2. The van der Waals surface area contributed by atoms with Gasteiger partial charge in [-0.25, -0.2) is 9.18 Å². The topological polar surface area (TPSA) is 47.2 Å². The highest BCUT2D eigenvalue weighted by Gasteiger charge is 2.06. The highest BCUT2D eigenvalue weighted by atomic mass is 19.1. The first kappa shape index (κ1) is 14.1. The van der Waals surface area contributed by atoms with Gasteiger partial charge in [0.15, 0.2) is 0 Å². The zero-order valence-electron chi connectivity index (χ0n) is 11.1. The van der Waals surface area contributed by atoms with Crippen LogP contribution in [-0.4, -0.2) is 20.8 Å². The van der Waals surface area contributed by atoms with E-state index in [0.717, 1.165) is 5.56 Å². The molecule has 1 aromatic carbocycles. The number of aryl methyl sites for hydroxylation is 1. The van der Waals surface area contributed by atoms with Crippen molar-refractivity contribution in [2.24, 2.45) is 0 Å². The van der Waals surface area contributed by atoms with E-state index in [0.29, 0.717) is 18.7 Å². The third kappa shape index (κ3) is 2.98. The molecular weight excluding hydrogens is 259 g/mol. The fraction of sp³-hybridized carbons (Fsp3) is 0.267. The third-order valence-corrected chi connectivity index (χ3v) is 2.97. The smallest absolute Gasteiger partial charge is 0.328 e. The van der Waals surface area contributed by atoms with Gasteiger partial charge < -0.3 is 5.11 Å². The van der Waals surface area contributed by atoms with Crippen LogP contribution in [0, 0.1) is 17.7 Å². The van der Waals surface area contributed by atoms with Crippen LogP contribution in [0.1, 0.15) is 18.1 Å². The first-order valence-corrected chi connectivity index (χ1v) is 6.29. The zero-order valence-corrected chi connectivity index (χ0v) is 11.1. The second kappa shape index (κ2) is 6.22. The second-order valence-electron chi connectivity index (χ2n) is 4.26. The van der Waals surface area contributed by atoms with Crippen LogP contribution in [0.2, 0.25) is 0 Å². The Balaban J connectivity index is 2.37. The van der Waals surface area contributed by atoms with E-state index in [9.17, 15) is 9.18 Å². The average molecular weight is 274 g/mol. The Bertz CT molecular complexity index is 719. The Hall–Kier alpha value is -2.32. The van der Waals surface area contributed by atoms with Crippen LogP contribution >= 0.6 is 0 Å². The molecule has 2 rings (SSSR count). The average Bonchev–Trinajstić information content (AvgIpc) is 2.79. The maximum absolute atomic E-state index is 13.2. The predicted molar refractivity (Wildman–Crippen MR) is 73.8 cm³/mol. The van der Waals surface area contributed by atoms with Crippen LogP contribution in [0.25, 0.3) is 0 Å². The normalized spacial score (nSPS) is 10.2. The molecule has 0 bridgehead atoms. The number of imidazole rings is 1. The van der Waals surface area contributed by atoms with Crippen molar-refractivity contribution in [1.82, 2.24) is 9.13 Å². The summed E-state index contributed by atoms with van der Waals surface area (Å²) < 4.78 is 16.4. The second-order valence-corrected chi connectivity index (χ2v) is 4.26. The monoisotopic (exact) mass is 274 g/mol. The summed E-state index contributed by atoms with van der Waals surface area (Å²) in [6.07, 6.45) is 3.41. The van der Waals surface area contributed by atoms with Gasteiger partial charge in [-0.3, -0.25) is 9.13 Å². The van der Waals surface area contributed by atoms with Crippen LogP contribution < -0.4 is 5.69 Å². The van der Waals surface area contributed by atoms with Gasteiger partial charge in [0.25, 0.3) is 0 Å². The van der Waals surface area contributed by atoms with E-state index >= 15 is 0 Å². The van der Waals surface area contributed by atoms with Gasteiger partial charge in [0.1, 0.15) is 12.4 Å². The van der Waals surface area contributed by atoms with E-state index in [1.165, 1.54) is 12.1 Å². The van der Waals surface area contributed by atoms with E-state index in [4.69, 9.17) is 5.11 Å². The molecule has 0 saturated heterocycles. The number of benzene rings is 1. The van der Waals surface area contributed by atoms with Gasteiger partial charge in [-0.15, -0.1) is 0 Å². The van der Waals surface area contributed by atoms with E-state index in [2.05, 4.69) is 11.8 Å². The van der Waals surface area contributed by atoms with Crippen molar-refractivity contribution in [3.63, 3.8) is 0 Å². The number of hydrogen-bond donors (Lipinski definition) is 1. The van der Waals surface area contributed by atoms with Crippen LogP contribution in [0.15, 0.2) is 35.4 Å². The molecule has 4 nitrogen and oxygen atoms in total. The van der Waals surface area contributed by atoms with E-state index in [-0.39, 0.29) is 12.3 Å². The van der Waals surface area contributed by atoms with Crippen molar-refractivity contribution in [3.8, 4) is 11.8 Å². The maximum atomic E-state index is 13.2. The lowest BCUT2D eigenvalue weighted by molar-refractivity contribution is 0.350. The van der Waals surface area contributed by atoms with Crippen molar-refractivity contribution in [2.45, 2.75) is 20.0 Å². The molecule has 0 aliphatic carbocycles. The van der Waals surface area contributed by atoms with Crippen LogP contribution in [0.5, 0.6) is 0 Å². The molecule has 0 aliphatic heterocycles. The Kier molecular flexibility index (Phi) is 4.38. The minimum Gasteiger partial charge on any atom is -0.384 e. The minimum absolute atomic E-state index is 0.113. The molecule has 0 unspecified atom stereocenters. The Morgan fingerprint density at radius 1 is 1.30 bits per heavy atom. The summed E-state index contributed by atoms with van der Waals surface area (Å²) in [5, 5.41) is 8.73. The van der Waals surface area contributed by atoms with Crippen molar-refractivity contribution in [2.75, 3.05) is 6.61 Å². The molecule has 1 heterocycles. The van der Waals surface area contributed by atoms with E-state index in [1.807, 2.05) is 6.92 Å². The van der Waals surface area contributed by atoms with Crippen LogP contribution in [0.3, 0.4) is 0 Å². The van der Waals surface area contributed by atoms with Gasteiger partial charge in [-0.05, 0) is 24.6 Å². The molecule has 2 aromatic rings. The standard InChI is InChI=1S/C15H15FN2O2/c1-2-17-7-8-18(15(17)20)11-13-5-6-14(16)10-12(13)4-3-9-19/h5-8,10,19H,2,9,11H2,1H3. The van der Waals surface area contributed by atoms with Gasteiger partial charge in [0.05, 0.1) is 6.54 Å². The van der Waals surface area contributed by atoms with Crippen molar-refractivity contribution in [1.29, 1.82) is 0 Å². The third-order valence-electron chi connectivity index (χ3n) is 2.97. The molecule has 0 atom stereocenters. The van der Waals surface area contributed by atoms with Gasteiger partial charge in [0.2, 0.25) is 0 Å². The highest BCUT2D eigenvalue weighted by molar-refractivity contribution is 5.42. The number of halogens is 1. The van der Waals surface area contributed by atoms with Crippen molar-refractivity contribution >= 4 is 0 Å². The fourth-order valence-electron chi connectivity index (χ4n) is 1.94. The Labute approximate surface area is 116 Å². The molecule has 0 amide bonds. The Morgan fingerprint density at radius 3 is 2.70 bits per heavy atom. The molecule has 0 radical (unpaired) electrons. The first-order valence-electron chi connectivity index (χ1n) is 6.29. The number of aliphatic hydroxyl groups is 1. The van der Waals surface area contributed by atoms with Gasteiger partial charge in [-0.1, -0.05) is 17.9 Å². The largest absolute Gasteiger partial charge is 0.384 e. The highest BCUT2D eigenvalue weighted by Crippen LogP contribution is 2.11. The molecule has 0 spiro atoms. The van der Waals surface area contributed by atoms with Crippen LogP contribution in [0.4, 0.5) is 4.39 Å². The molecular formula is C15H15FN2O2. The molecule has 5 heteroatoms. The summed E-state index contributed by atoms with van der Waals surface area (Å²) in [5.74, 6) is 4.80. The molecule has 1 aromatic heterocycles. The summed E-state index contributed by atoms with van der Waals surface area (Å²) in [5.41, 5.74) is 1.11. The Morgan fingerprint density at radius 2 is 2.05 bits per heavy atom. The minimum atomic E-state index is -0.394. The fourth-order valence-corrected chi connectivity index (χ4v) is 1.94. The molecule has 0 fully saturated rings. The van der Waals surface area contributed by atoms with Crippen LogP contribution in [-0.2, 0) is 13.1 Å². The van der Waals surface area contributed by atoms with Gasteiger partial charge >= 0.3 is 5.69 Å². The molecule has 0 aliphatic rings. The lowest BCUT2D eigenvalue weighted by atomic mass is 10.1. The number of rotatable bonds is 3. The number of hydrogen-bond acceptors (Lipinski definition) is 2. The zero-order chi connectivity index (χ0) is 14.5. The molecule has 1 N–H and O–H groups in total. The predicted octanol–water partition coefficient (Wildman–Crippen LogP) is 1.20. The van der Waals surface area contributed by atoms with Gasteiger partial charge in [-0.2, -0.15) is 0 Å². The molecule has 20 heavy (non-hydrogen) atoms. The first-order chi connectivity index (χ1) is 9.65. The molecule has 104 valence electrons. The van der Waals surface area contributed by atoms with E-state index in [1.54, 1.807) is 27.6 Å². The maximum Gasteiger partial charge on any atom is 0.328 e. The summed E-state index contributed by atoms with van der Waals surface area (Å²) in [6, 6.07) is 4.24. The molecule has 0 saturated carbocycles. The summed E-state index contributed by atoms with van der Waals surface area (Å²) >= 11 is 0. The SMILES string of the molecule is CCn1ccn(Cc2ccc(F)cc2C#CCO)c1=O. The number of aliphatic hydroxyl groups excluding tert-OH is 1. The lowest BCUT2D eigenvalue weighted by Gasteiger charge is -2.05. The lowest BCUT2D eigenvalue weighted by Crippen LogP contribution is -2.24. The summed E-state index contributed by atoms with van der Waals surface area (Å²) in [6.45, 7) is 2.53. The summed E-state index contributed by atoms with van der Waals surface area (Å²) in [4.78, 5) is 12.0. The van der Waals surface area contributed by atoms with Gasteiger partial charge in [0, 0.05) is 24.5 Å². The van der Waals surface area contributed by atoms with Crippen molar-refractivity contribution in [3.05, 3.63) is 58.0 Å². The van der Waals surface area contributed by atoms with Crippen molar-refractivity contribution < 1.29 is 9.50 Å². The quantitative estimate of drug-likeness (QED) is 0.855.